The molecule has 0 radical (unpaired) electrons. The van der Waals surface area contributed by atoms with Gasteiger partial charge in [-0.05, 0) is 24.3 Å². The van der Waals surface area contributed by atoms with E-state index in [1.807, 2.05) is 30.3 Å². The lowest BCUT2D eigenvalue weighted by Crippen LogP contribution is -2.32. The molecule has 0 aromatic heterocycles. The molecule has 126 valence electrons. The van der Waals surface area contributed by atoms with Crippen LogP contribution in [-0.2, 0) is 9.59 Å². The second-order valence-electron chi connectivity index (χ2n) is 4.98. The van der Waals surface area contributed by atoms with Crippen molar-refractivity contribution in [3.8, 4) is 11.5 Å². The predicted octanol–water partition coefficient (Wildman–Crippen LogP) is 2.22. The van der Waals surface area contributed by atoms with E-state index in [1.165, 1.54) is 6.92 Å². The highest BCUT2D eigenvalue weighted by molar-refractivity contribution is 5.90. The Hall–Kier alpha value is -3.02. The standard InChI is InChI=1S/C18H20N2O4/c1-14(21)20-16-9-5-6-10-17(16)24-13-18(22)19-11-12-23-15-7-3-2-4-8-15/h2-10H,11-13H2,1H3,(H,19,22)(H,20,21). The zero-order valence-corrected chi connectivity index (χ0v) is 13.5. The lowest BCUT2D eigenvalue weighted by atomic mass is 10.3. The Morgan fingerprint density at radius 1 is 0.958 bits per heavy atom. The van der Waals surface area contributed by atoms with Gasteiger partial charge in [0.25, 0.3) is 5.91 Å². The van der Waals surface area contributed by atoms with Gasteiger partial charge < -0.3 is 20.1 Å². The fourth-order valence-electron chi connectivity index (χ4n) is 1.96. The van der Waals surface area contributed by atoms with Crippen LogP contribution >= 0.6 is 0 Å². The minimum atomic E-state index is -0.260. The Morgan fingerprint density at radius 2 is 1.67 bits per heavy atom. The predicted molar refractivity (Wildman–Crippen MR) is 91.2 cm³/mol. The molecule has 2 aromatic carbocycles. The molecule has 24 heavy (non-hydrogen) atoms. The molecule has 0 heterocycles. The van der Waals surface area contributed by atoms with E-state index >= 15 is 0 Å². The molecule has 6 heteroatoms. The number of anilines is 1. The number of rotatable bonds is 8. The first-order valence-electron chi connectivity index (χ1n) is 7.59. The summed E-state index contributed by atoms with van der Waals surface area (Å²) in [5, 5.41) is 5.36. The van der Waals surface area contributed by atoms with Gasteiger partial charge in [-0.25, -0.2) is 0 Å². The van der Waals surface area contributed by atoms with Gasteiger partial charge >= 0.3 is 0 Å². The first-order valence-corrected chi connectivity index (χ1v) is 7.59. The Morgan fingerprint density at radius 3 is 2.42 bits per heavy atom. The van der Waals surface area contributed by atoms with E-state index in [0.717, 1.165) is 5.75 Å². The maximum Gasteiger partial charge on any atom is 0.258 e. The quantitative estimate of drug-likeness (QED) is 0.729. The van der Waals surface area contributed by atoms with Gasteiger partial charge in [0, 0.05) is 6.92 Å². The second-order valence-corrected chi connectivity index (χ2v) is 4.98. The number of para-hydroxylation sites is 3. The van der Waals surface area contributed by atoms with Gasteiger partial charge in [0.05, 0.1) is 12.2 Å². The third-order valence-corrected chi connectivity index (χ3v) is 2.99. The van der Waals surface area contributed by atoms with E-state index < -0.39 is 0 Å². The third kappa shape index (κ3) is 6.00. The molecular formula is C18H20N2O4. The molecule has 2 aromatic rings. The van der Waals surface area contributed by atoms with E-state index in [0.29, 0.717) is 24.6 Å². The number of hydrogen-bond donors (Lipinski definition) is 2. The molecule has 0 aliphatic rings. The van der Waals surface area contributed by atoms with Crippen LogP contribution in [0.25, 0.3) is 0 Å². The van der Waals surface area contributed by atoms with Crippen molar-refractivity contribution in [3.63, 3.8) is 0 Å². The van der Waals surface area contributed by atoms with Crippen molar-refractivity contribution in [1.29, 1.82) is 0 Å². The van der Waals surface area contributed by atoms with Crippen LogP contribution in [0.3, 0.4) is 0 Å². The van der Waals surface area contributed by atoms with Crippen molar-refractivity contribution in [1.82, 2.24) is 5.32 Å². The summed E-state index contributed by atoms with van der Waals surface area (Å²) in [6, 6.07) is 16.3. The van der Waals surface area contributed by atoms with Gasteiger partial charge in [0.1, 0.15) is 18.1 Å². The van der Waals surface area contributed by atoms with Crippen LogP contribution in [0.4, 0.5) is 5.69 Å². The molecule has 0 fully saturated rings. The summed E-state index contributed by atoms with van der Waals surface area (Å²) in [4.78, 5) is 22.9. The van der Waals surface area contributed by atoms with E-state index in [9.17, 15) is 9.59 Å². The number of carbonyl (C=O) groups is 2. The average Bonchev–Trinajstić information content (AvgIpc) is 2.58. The summed E-state index contributed by atoms with van der Waals surface area (Å²) in [6.07, 6.45) is 0. The molecule has 0 saturated heterocycles. The summed E-state index contributed by atoms with van der Waals surface area (Å²) in [5.74, 6) is 0.744. The fourth-order valence-corrected chi connectivity index (χ4v) is 1.96. The maximum atomic E-state index is 11.8. The molecule has 0 aliphatic carbocycles. The molecule has 0 unspecified atom stereocenters. The topological polar surface area (TPSA) is 76.7 Å². The van der Waals surface area contributed by atoms with Gasteiger partial charge in [-0.15, -0.1) is 0 Å². The molecule has 0 atom stereocenters. The highest BCUT2D eigenvalue weighted by Crippen LogP contribution is 2.23. The van der Waals surface area contributed by atoms with Crippen molar-refractivity contribution in [2.24, 2.45) is 0 Å². The van der Waals surface area contributed by atoms with E-state index in [2.05, 4.69) is 10.6 Å². The first-order chi connectivity index (χ1) is 11.6. The highest BCUT2D eigenvalue weighted by atomic mass is 16.5. The Labute approximate surface area is 140 Å². The van der Waals surface area contributed by atoms with Gasteiger partial charge in [0.2, 0.25) is 5.91 Å². The summed E-state index contributed by atoms with van der Waals surface area (Å²) >= 11 is 0. The van der Waals surface area contributed by atoms with Gasteiger partial charge in [-0.2, -0.15) is 0 Å². The van der Waals surface area contributed by atoms with Crippen LogP contribution in [0.5, 0.6) is 11.5 Å². The smallest absolute Gasteiger partial charge is 0.258 e. The van der Waals surface area contributed by atoms with Crippen LogP contribution in [-0.4, -0.2) is 31.6 Å². The van der Waals surface area contributed by atoms with Crippen LogP contribution in [0.2, 0.25) is 0 Å². The van der Waals surface area contributed by atoms with Crippen molar-refractivity contribution in [2.45, 2.75) is 6.92 Å². The minimum absolute atomic E-state index is 0.137. The van der Waals surface area contributed by atoms with Crippen LogP contribution in [0, 0.1) is 0 Å². The monoisotopic (exact) mass is 328 g/mol. The zero-order valence-electron chi connectivity index (χ0n) is 13.5. The molecular weight excluding hydrogens is 308 g/mol. The SMILES string of the molecule is CC(=O)Nc1ccccc1OCC(=O)NCCOc1ccccc1. The molecule has 0 bridgehead atoms. The number of nitrogens with one attached hydrogen (secondary N) is 2. The van der Waals surface area contributed by atoms with Crippen molar-refractivity contribution >= 4 is 17.5 Å². The third-order valence-electron chi connectivity index (χ3n) is 2.99. The number of carbonyl (C=O) groups excluding carboxylic acids is 2. The number of amides is 2. The summed E-state index contributed by atoms with van der Waals surface area (Å²) < 4.78 is 10.9. The van der Waals surface area contributed by atoms with Crippen molar-refractivity contribution in [2.75, 3.05) is 25.1 Å². The van der Waals surface area contributed by atoms with Gasteiger partial charge in [0.15, 0.2) is 6.61 Å². The zero-order chi connectivity index (χ0) is 17.2. The number of hydrogen-bond acceptors (Lipinski definition) is 4. The Bertz CT molecular complexity index is 674. The molecule has 0 saturated carbocycles. The van der Waals surface area contributed by atoms with Crippen molar-refractivity contribution in [3.05, 3.63) is 54.6 Å². The normalized spacial score (nSPS) is 9.88. The largest absolute Gasteiger partial charge is 0.492 e. The molecule has 6 nitrogen and oxygen atoms in total. The van der Waals surface area contributed by atoms with E-state index in [-0.39, 0.29) is 18.4 Å². The minimum Gasteiger partial charge on any atom is -0.492 e. The lowest BCUT2D eigenvalue weighted by Gasteiger charge is -2.12. The summed E-state index contributed by atoms with van der Waals surface area (Å²) in [7, 11) is 0. The number of ether oxygens (including phenoxy) is 2. The van der Waals surface area contributed by atoms with Gasteiger partial charge in [-0.1, -0.05) is 30.3 Å². The molecule has 2 amide bonds. The second kappa shape index (κ2) is 9.19. The Balaban J connectivity index is 1.70. The summed E-state index contributed by atoms with van der Waals surface area (Å²) in [6.45, 7) is 2.03. The summed E-state index contributed by atoms with van der Waals surface area (Å²) in [5.41, 5.74) is 0.533. The fraction of sp³-hybridized carbons (Fsp3) is 0.222. The van der Waals surface area contributed by atoms with E-state index in [4.69, 9.17) is 9.47 Å². The molecule has 2 rings (SSSR count). The Kier molecular flexibility index (Phi) is 6.64. The van der Waals surface area contributed by atoms with E-state index in [1.54, 1.807) is 24.3 Å². The first kappa shape index (κ1) is 17.3. The highest BCUT2D eigenvalue weighted by Gasteiger charge is 2.07. The van der Waals surface area contributed by atoms with Crippen LogP contribution in [0.1, 0.15) is 6.92 Å². The van der Waals surface area contributed by atoms with Crippen molar-refractivity contribution < 1.29 is 19.1 Å². The maximum absolute atomic E-state index is 11.8. The number of benzene rings is 2. The van der Waals surface area contributed by atoms with Crippen LogP contribution < -0.4 is 20.1 Å². The molecule has 2 N–H and O–H groups in total. The molecule has 0 spiro atoms. The van der Waals surface area contributed by atoms with Crippen LogP contribution in [0.15, 0.2) is 54.6 Å². The lowest BCUT2D eigenvalue weighted by molar-refractivity contribution is -0.123. The average molecular weight is 328 g/mol. The molecule has 0 aliphatic heterocycles. The van der Waals surface area contributed by atoms with Gasteiger partial charge in [-0.3, -0.25) is 9.59 Å².